The highest BCUT2D eigenvalue weighted by Crippen LogP contribution is 2.37. The third-order valence-electron chi connectivity index (χ3n) is 4.59. The van der Waals surface area contributed by atoms with Crippen LogP contribution in [0.5, 0.6) is 0 Å². The Bertz CT molecular complexity index is 554. The summed E-state index contributed by atoms with van der Waals surface area (Å²) in [5.74, 6) is -0.600. The Labute approximate surface area is 134 Å². The number of likely N-dealkylation sites (tertiary alicyclic amines) is 1. The van der Waals surface area contributed by atoms with Crippen molar-refractivity contribution in [1.82, 2.24) is 4.90 Å². The lowest BCUT2D eigenvalue weighted by Crippen LogP contribution is -2.42. The third kappa shape index (κ3) is 2.73. The maximum atomic E-state index is 13.8. The predicted molar refractivity (Wildman–Crippen MR) is 80.4 cm³/mol. The summed E-state index contributed by atoms with van der Waals surface area (Å²) in [5.41, 5.74) is -0.153. The molecule has 120 valence electrons. The van der Waals surface area contributed by atoms with Crippen molar-refractivity contribution in [3.8, 4) is 0 Å². The molecule has 3 rings (SSSR count). The van der Waals surface area contributed by atoms with E-state index in [4.69, 9.17) is 21.1 Å². The van der Waals surface area contributed by atoms with Gasteiger partial charge in [-0.05, 0) is 25.0 Å². The molecule has 0 N–H and O–H groups in total. The second-order valence-electron chi connectivity index (χ2n) is 5.89. The number of benzene rings is 1. The number of carbonyl (C=O) groups excluding carboxylic acids is 1. The van der Waals surface area contributed by atoms with E-state index in [-0.39, 0.29) is 29.0 Å². The van der Waals surface area contributed by atoms with Crippen molar-refractivity contribution in [2.24, 2.45) is 0 Å². The van der Waals surface area contributed by atoms with Gasteiger partial charge in [-0.1, -0.05) is 17.7 Å². The van der Waals surface area contributed by atoms with Crippen molar-refractivity contribution in [3.05, 3.63) is 34.6 Å². The van der Waals surface area contributed by atoms with E-state index < -0.39 is 11.4 Å². The van der Waals surface area contributed by atoms with E-state index in [0.29, 0.717) is 19.7 Å². The van der Waals surface area contributed by atoms with Crippen LogP contribution >= 0.6 is 11.6 Å². The Hall–Kier alpha value is -1.17. The summed E-state index contributed by atoms with van der Waals surface area (Å²) in [5, 5.41) is 0.280. The highest BCUT2D eigenvalue weighted by atomic mass is 35.5. The molecule has 0 saturated carbocycles. The maximum Gasteiger partial charge on any atom is 0.227 e. The van der Waals surface area contributed by atoms with E-state index in [2.05, 4.69) is 0 Å². The zero-order valence-electron chi connectivity index (χ0n) is 12.5. The summed E-state index contributed by atoms with van der Waals surface area (Å²) in [6.45, 7) is 1.67. The molecule has 1 aromatic rings. The molecule has 0 radical (unpaired) electrons. The van der Waals surface area contributed by atoms with Crippen molar-refractivity contribution in [3.63, 3.8) is 0 Å². The molecule has 0 aromatic heterocycles. The summed E-state index contributed by atoms with van der Waals surface area (Å²) < 4.78 is 25.2. The molecule has 2 fully saturated rings. The maximum absolute atomic E-state index is 13.8. The first-order chi connectivity index (χ1) is 10.6. The molecule has 2 saturated heterocycles. The van der Waals surface area contributed by atoms with E-state index in [1.54, 1.807) is 18.1 Å². The first-order valence-corrected chi connectivity index (χ1v) is 7.81. The standard InChI is InChI=1S/C16H19ClFNO3/c1-21-14-9-19(10-16(14)6-3-7-22-16)15(20)8-11-12(17)4-2-5-13(11)18/h2,4-5,14H,3,6-10H2,1H3/t14-,16-/m0/s1. The van der Waals surface area contributed by atoms with E-state index in [1.807, 2.05) is 0 Å². The van der Waals surface area contributed by atoms with Gasteiger partial charge in [-0.3, -0.25) is 4.79 Å². The number of halogens is 2. The quantitative estimate of drug-likeness (QED) is 0.856. The predicted octanol–water partition coefficient (Wildman–Crippen LogP) is 2.43. The molecular weight excluding hydrogens is 309 g/mol. The van der Waals surface area contributed by atoms with Gasteiger partial charge in [0, 0.05) is 30.8 Å². The van der Waals surface area contributed by atoms with Crippen LogP contribution in [0.3, 0.4) is 0 Å². The minimum absolute atomic E-state index is 0.0436. The number of nitrogens with zero attached hydrogens (tertiary/aromatic N) is 1. The summed E-state index contributed by atoms with van der Waals surface area (Å²) >= 11 is 6.00. The summed E-state index contributed by atoms with van der Waals surface area (Å²) in [7, 11) is 1.63. The van der Waals surface area contributed by atoms with E-state index in [1.165, 1.54) is 12.1 Å². The molecule has 0 aliphatic carbocycles. The van der Waals surface area contributed by atoms with Crippen LogP contribution < -0.4 is 0 Å². The third-order valence-corrected chi connectivity index (χ3v) is 4.95. The summed E-state index contributed by atoms with van der Waals surface area (Å²) in [6.07, 6.45) is 1.68. The Morgan fingerprint density at radius 2 is 2.41 bits per heavy atom. The lowest BCUT2D eigenvalue weighted by atomic mass is 9.96. The van der Waals surface area contributed by atoms with Crippen LogP contribution in [-0.2, 0) is 20.7 Å². The van der Waals surface area contributed by atoms with Gasteiger partial charge in [0.25, 0.3) is 0 Å². The molecule has 6 heteroatoms. The molecule has 2 atom stereocenters. The van der Waals surface area contributed by atoms with Gasteiger partial charge in [0.1, 0.15) is 17.5 Å². The van der Waals surface area contributed by atoms with Gasteiger partial charge in [-0.15, -0.1) is 0 Å². The molecule has 22 heavy (non-hydrogen) atoms. The van der Waals surface area contributed by atoms with Crippen LogP contribution in [-0.4, -0.2) is 49.3 Å². The lowest BCUT2D eigenvalue weighted by molar-refractivity contribution is -0.130. The molecule has 1 aromatic carbocycles. The number of ether oxygens (including phenoxy) is 2. The second kappa shape index (κ2) is 6.14. The van der Waals surface area contributed by atoms with Gasteiger partial charge in [-0.2, -0.15) is 0 Å². The van der Waals surface area contributed by atoms with Crippen LogP contribution in [0, 0.1) is 5.82 Å². The molecule has 2 heterocycles. The highest BCUT2D eigenvalue weighted by Gasteiger charge is 2.51. The van der Waals surface area contributed by atoms with Gasteiger partial charge in [0.2, 0.25) is 5.91 Å². The largest absolute Gasteiger partial charge is 0.377 e. The van der Waals surface area contributed by atoms with Crippen LogP contribution in [0.2, 0.25) is 5.02 Å². The van der Waals surface area contributed by atoms with Gasteiger partial charge < -0.3 is 14.4 Å². The number of methoxy groups -OCH3 is 1. The van der Waals surface area contributed by atoms with Gasteiger partial charge >= 0.3 is 0 Å². The minimum atomic E-state index is -0.449. The molecule has 2 aliphatic rings. The Balaban J connectivity index is 1.74. The van der Waals surface area contributed by atoms with Crippen LogP contribution in [0.25, 0.3) is 0 Å². The van der Waals surface area contributed by atoms with Crippen LogP contribution in [0.15, 0.2) is 18.2 Å². The average molecular weight is 328 g/mol. The lowest BCUT2D eigenvalue weighted by Gasteiger charge is -2.27. The van der Waals surface area contributed by atoms with Gasteiger partial charge in [0.15, 0.2) is 0 Å². The van der Waals surface area contributed by atoms with Crippen molar-refractivity contribution in [2.45, 2.75) is 31.0 Å². The number of amides is 1. The fourth-order valence-electron chi connectivity index (χ4n) is 3.40. The first-order valence-electron chi connectivity index (χ1n) is 7.43. The Kier molecular flexibility index (Phi) is 4.39. The smallest absolute Gasteiger partial charge is 0.227 e. The van der Waals surface area contributed by atoms with Crippen LogP contribution in [0.4, 0.5) is 4.39 Å². The zero-order valence-corrected chi connectivity index (χ0v) is 13.2. The SMILES string of the molecule is CO[C@H]1CN(C(=O)Cc2c(F)cccc2Cl)C[C@@]12CCCO2. The molecule has 0 bridgehead atoms. The Morgan fingerprint density at radius 3 is 3.05 bits per heavy atom. The zero-order chi connectivity index (χ0) is 15.7. The van der Waals surface area contributed by atoms with E-state index >= 15 is 0 Å². The fraction of sp³-hybridized carbons (Fsp3) is 0.562. The number of rotatable bonds is 3. The normalized spacial score (nSPS) is 27.8. The molecular formula is C16H19ClFNO3. The summed E-state index contributed by atoms with van der Waals surface area (Å²) in [6, 6.07) is 4.44. The Morgan fingerprint density at radius 1 is 1.59 bits per heavy atom. The van der Waals surface area contributed by atoms with E-state index in [9.17, 15) is 9.18 Å². The van der Waals surface area contributed by atoms with Gasteiger partial charge in [0.05, 0.1) is 13.0 Å². The molecule has 1 spiro atoms. The van der Waals surface area contributed by atoms with Gasteiger partial charge in [-0.25, -0.2) is 4.39 Å². The fourth-order valence-corrected chi connectivity index (χ4v) is 3.63. The average Bonchev–Trinajstić information content (AvgIpc) is 3.11. The monoisotopic (exact) mass is 327 g/mol. The molecule has 0 unspecified atom stereocenters. The highest BCUT2D eigenvalue weighted by molar-refractivity contribution is 6.31. The number of hydrogen-bond donors (Lipinski definition) is 0. The minimum Gasteiger partial charge on any atom is -0.377 e. The second-order valence-corrected chi connectivity index (χ2v) is 6.30. The van der Waals surface area contributed by atoms with Crippen molar-refractivity contribution in [1.29, 1.82) is 0 Å². The number of hydrogen-bond acceptors (Lipinski definition) is 3. The summed E-state index contributed by atoms with van der Waals surface area (Å²) in [4.78, 5) is 14.2. The van der Waals surface area contributed by atoms with Crippen molar-refractivity contribution in [2.75, 3.05) is 26.8 Å². The topological polar surface area (TPSA) is 38.8 Å². The van der Waals surface area contributed by atoms with Crippen LogP contribution in [0.1, 0.15) is 18.4 Å². The molecule has 2 aliphatic heterocycles. The first kappa shape index (κ1) is 15.7. The molecule has 4 nitrogen and oxygen atoms in total. The van der Waals surface area contributed by atoms with Crippen molar-refractivity contribution < 1.29 is 18.7 Å². The van der Waals surface area contributed by atoms with Crippen molar-refractivity contribution >= 4 is 17.5 Å². The number of carbonyl (C=O) groups is 1. The van der Waals surface area contributed by atoms with E-state index in [0.717, 1.165) is 12.8 Å². The molecule has 1 amide bonds.